The zero-order valence-corrected chi connectivity index (χ0v) is 8.79. The minimum absolute atomic E-state index is 0.302. The van der Waals surface area contributed by atoms with Gasteiger partial charge in [0.25, 0.3) is 6.01 Å². The van der Waals surface area contributed by atoms with Crippen molar-refractivity contribution < 1.29 is 4.42 Å². The third-order valence-electron chi connectivity index (χ3n) is 2.95. The molecule has 78 valence electrons. The Morgan fingerprint density at radius 3 is 2.57 bits per heavy atom. The average Bonchev–Trinajstić information content (AvgIpc) is 2.47. The first kappa shape index (κ1) is 9.52. The van der Waals surface area contributed by atoms with Crippen LogP contribution in [0.5, 0.6) is 0 Å². The number of nitrogens with two attached hydrogens (primary N) is 1. The summed E-state index contributed by atoms with van der Waals surface area (Å²) in [4.78, 5) is 6.59. The van der Waals surface area contributed by atoms with Crippen molar-refractivity contribution in [1.29, 1.82) is 0 Å². The summed E-state index contributed by atoms with van der Waals surface area (Å²) in [5.74, 6) is 1.42. The molecule has 0 saturated carbocycles. The maximum absolute atomic E-state index is 5.53. The molecule has 0 aromatic carbocycles. The summed E-state index contributed by atoms with van der Waals surface area (Å²) in [6.07, 6.45) is 2.31. The minimum Gasteiger partial charge on any atom is -0.429 e. The summed E-state index contributed by atoms with van der Waals surface area (Å²) in [6.45, 7) is 4.21. The molecule has 2 N–H and O–H groups in total. The van der Waals surface area contributed by atoms with Gasteiger partial charge in [0.05, 0.1) is 5.69 Å². The molecule has 1 aliphatic rings. The van der Waals surface area contributed by atoms with Crippen LogP contribution in [0, 0.1) is 6.92 Å². The van der Waals surface area contributed by atoms with Crippen molar-refractivity contribution in [3.8, 4) is 0 Å². The highest BCUT2D eigenvalue weighted by Crippen LogP contribution is 2.29. The van der Waals surface area contributed by atoms with E-state index in [4.69, 9.17) is 10.2 Å². The lowest BCUT2D eigenvalue weighted by molar-refractivity contribution is 0.252. The van der Waals surface area contributed by atoms with E-state index in [1.807, 2.05) is 6.92 Å². The van der Waals surface area contributed by atoms with E-state index in [1.54, 1.807) is 0 Å². The second-order valence-corrected chi connectivity index (χ2v) is 4.07. The average molecular weight is 195 g/mol. The second kappa shape index (κ2) is 3.61. The minimum atomic E-state index is 0.302. The fourth-order valence-electron chi connectivity index (χ4n) is 2.09. The Labute approximate surface area is 84.1 Å². The molecule has 1 fully saturated rings. The number of hydrogen-bond donors (Lipinski definition) is 1. The molecule has 1 saturated heterocycles. The van der Waals surface area contributed by atoms with E-state index >= 15 is 0 Å². The Bertz CT molecular complexity index is 313. The monoisotopic (exact) mass is 195 g/mol. The maximum Gasteiger partial charge on any atom is 0.292 e. The Balaban J connectivity index is 2.11. The van der Waals surface area contributed by atoms with Crippen LogP contribution >= 0.6 is 0 Å². The first-order valence-electron chi connectivity index (χ1n) is 5.08. The topological polar surface area (TPSA) is 55.3 Å². The Morgan fingerprint density at radius 2 is 2.07 bits per heavy atom. The predicted octanol–water partition coefficient (Wildman–Crippen LogP) is 1.37. The Kier molecular flexibility index (Phi) is 2.46. The van der Waals surface area contributed by atoms with Crippen LogP contribution in [0.1, 0.15) is 30.2 Å². The number of nitrogen functional groups attached to an aromatic ring is 1. The molecule has 4 nitrogen and oxygen atoms in total. The summed E-state index contributed by atoms with van der Waals surface area (Å²) < 4.78 is 5.25. The number of nitrogens with zero attached hydrogens (tertiary/aromatic N) is 2. The van der Waals surface area contributed by atoms with Gasteiger partial charge in [-0.25, -0.2) is 0 Å². The molecule has 14 heavy (non-hydrogen) atoms. The van der Waals surface area contributed by atoms with Crippen LogP contribution in [0.15, 0.2) is 4.42 Å². The normalized spacial score (nSPS) is 20.1. The lowest BCUT2D eigenvalue weighted by Gasteiger charge is -2.27. The van der Waals surface area contributed by atoms with Gasteiger partial charge in [-0.15, -0.1) is 0 Å². The van der Waals surface area contributed by atoms with Gasteiger partial charge in [-0.3, -0.25) is 0 Å². The van der Waals surface area contributed by atoms with Crippen molar-refractivity contribution in [2.45, 2.75) is 25.7 Å². The molecule has 0 bridgehead atoms. The number of likely N-dealkylation sites (tertiary alicyclic amines) is 1. The van der Waals surface area contributed by atoms with Crippen LogP contribution in [0.2, 0.25) is 0 Å². The van der Waals surface area contributed by atoms with Crippen molar-refractivity contribution in [2.75, 3.05) is 25.9 Å². The van der Waals surface area contributed by atoms with Gasteiger partial charge in [-0.05, 0) is 39.9 Å². The number of anilines is 1. The molecule has 0 radical (unpaired) electrons. The summed E-state index contributed by atoms with van der Waals surface area (Å²) in [6, 6.07) is 0.302. The molecule has 1 aromatic rings. The zero-order valence-electron chi connectivity index (χ0n) is 8.79. The molecular weight excluding hydrogens is 178 g/mol. The van der Waals surface area contributed by atoms with E-state index in [-0.39, 0.29) is 0 Å². The van der Waals surface area contributed by atoms with Gasteiger partial charge in [-0.2, -0.15) is 4.98 Å². The molecule has 0 amide bonds. The first-order valence-corrected chi connectivity index (χ1v) is 5.08. The number of oxazole rings is 1. The van der Waals surface area contributed by atoms with E-state index in [0.717, 1.165) is 37.4 Å². The Hall–Kier alpha value is -1.03. The van der Waals surface area contributed by atoms with Crippen LogP contribution in [-0.2, 0) is 0 Å². The van der Waals surface area contributed by atoms with E-state index < -0.39 is 0 Å². The van der Waals surface area contributed by atoms with Crippen molar-refractivity contribution in [3.05, 3.63) is 11.5 Å². The lowest BCUT2D eigenvalue weighted by atomic mass is 9.93. The van der Waals surface area contributed by atoms with E-state index in [1.165, 1.54) is 0 Å². The number of piperidine rings is 1. The number of rotatable bonds is 1. The van der Waals surface area contributed by atoms with Gasteiger partial charge < -0.3 is 15.1 Å². The van der Waals surface area contributed by atoms with Gasteiger partial charge >= 0.3 is 0 Å². The molecule has 0 spiro atoms. The quantitative estimate of drug-likeness (QED) is 0.735. The smallest absolute Gasteiger partial charge is 0.292 e. The van der Waals surface area contributed by atoms with Gasteiger partial charge in [0, 0.05) is 5.92 Å². The first-order chi connectivity index (χ1) is 6.66. The van der Waals surface area contributed by atoms with Crippen LogP contribution in [0.25, 0.3) is 0 Å². The maximum atomic E-state index is 5.53. The van der Waals surface area contributed by atoms with Crippen LogP contribution in [-0.4, -0.2) is 30.0 Å². The molecular formula is C10H17N3O. The highest BCUT2D eigenvalue weighted by atomic mass is 16.4. The van der Waals surface area contributed by atoms with E-state index in [2.05, 4.69) is 16.9 Å². The van der Waals surface area contributed by atoms with E-state index in [0.29, 0.717) is 11.9 Å². The molecule has 4 heteroatoms. The number of aryl methyl sites for hydroxylation is 1. The van der Waals surface area contributed by atoms with Crippen LogP contribution in [0.3, 0.4) is 0 Å². The lowest BCUT2D eigenvalue weighted by Crippen LogP contribution is -2.29. The van der Waals surface area contributed by atoms with Gasteiger partial charge in [0.2, 0.25) is 0 Å². The fourth-order valence-corrected chi connectivity index (χ4v) is 2.09. The summed E-state index contributed by atoms with van der Waals surface area (Å²) in [7, 11) is 2.15. The van der Waals surface area contributed by atoms with Crippen molar-refractivity contribution >= 4 is 6.01 Å². The van der Waals surface area contributed by atoms with E-state index in [9.17, 15) is 0 Å². The molecule has 2 heterocycles. The Morgan fingerprint density at radius 1 is 1.43 bits per heavy atom. The summed E-state index contributed by atoms with van der Waals surface area (Å²) >= 11 is 0. The van der Waals surface area contributed by atoms with Crippen molar-refractivity contribution in [2.24, 2.45) is 0 Å². The van der Waals surface area contributed by atoms with Crippen molar-refractivity contribution in [1.82, 2.24) is 9.88 Å². The summed E-state index contributed by atoms with van der Waals surface area (Å²) in [5, 5.41) is 0. The molecule has 2 rings (SSSR count). The van der Waals surface area contributed by atoms with Crippen molar-refractivity contribution in [3.63, 3.8) is 0 Å². The second-order valence-electron chi connectivity index (χ2n) is 4.07. The zero-order chi connectivity index (χ0) is 10.1. The van der Waals surface area contributed by atoms with Gasteiger partial charge in [-0.1, -0.05) is 0 Å². The molecule has 0 unspecified atom stereocenters. The molecule has 0 aliphatic carbocycles. The molecule has 1 aliphatic heterocycles. The largest absolute Gasteiger partial charge is 0.429 e. The molecule has 1 aromatic heterocycles. The highest BCUT2D eigenvalue weighted by molar-refractivity contribution is 5.22. The predicted molar refractivity (Wildman–Crippen MR) is 55.1 cm³/mol. The van der Waals surface area contributed by atoms with Gasteiger partial charge in [0.1, 0.15) is 5.76 Å². The summed E-state index contributed by atoms with van der Waals surface area (Å²) in [5.41, 5.74) is 6.59. The van der Waals surface area contributed by atoms with Crippen LogP contribution in [0.4, 0.5) is 6.01 Å². The third-order valence-corrected chi connectivity index (χ3v) is 2.95. The standard InChI is InChI=1S/C10H17N3O/c1-7-9(12-10(11)14-7)8-3-5-13(2)6-4-8/h8H,3-6H2,1-2H3,(H2,11,12). The van der Waals surface area contributed by atoms with Crippen LogP contribution < -0.4 is 5.73 Å². The third kappa shape index (κ3) is 1.75. The SMILES string of the molecule is Cc1oc(N)nc1C1CCN(C)CC1. The highest BCUT2D eigenvalue weighted by Gasteiger charge is 2.23. The molecule has 0 atom stereocenters. The van der Waals surface area contributed by atoms with Gasteiger partial charge in [0.15, 0.2) is 0 Å². The number of aromatic nitrogens is 1. The fraction of sp³-hybridized carbons (Fsp3) is 0.700. The number of hydrogen-bond acceptors (Lipinski definition) is 4.